The number of hydrogen-bond donors (Lipinski definition) is 1. The average molecular weight is 241 g/mol. The molecule has 17 heavy (non-hydrogen) atoms. The minimum Gasteiger partial charge on any atom is -0.381 e. The van der Waals surface area contributed by atoms with Crippen LogP contribution in [0.4, 0.5) is 0 Å². The molecule has 0 amide bonds. The Balaban J connectivity index is 2.02. The molecule has 4 heteroatoms. The van der Waals surface area contributed by atoms with Crippen LogP contribution in [0.3, 0.4) is 0 Å². The van der Waals surface area contributed by atoms with Crippen LogP contribution in [0.15, 0.2) is 0 Å². The third-order valence-electron chi connectivity index (χ3n) is 4.66. The summed E-state index contributed by atoms with van der Waals surface area (Å²) in [5.41, 5.74) is 6.32. The lowest BCUT2D eigenvalue weighted by Crippen LogP contribution is -2.62. The van der Waals surface area contributed by atoms with Gasteiger partial charge in [-0.25, -0.2) is 0 Å². The van der Waals surface area contributed by atoms with E-state index >= 15 is 0 Å². The Kier molecular flexibility index (Phi) is 4.42. The van der Waals surface area contributed by atoms with Gasteiger partial charge in [0.25, 0.3) is 0 Å². The summed E-state index contributed by atoms with van der Waals surface area (Å²) in [4.78, 5) is 5.02. The fraction of sp³-hybridized carbons (Fsp3) is 1.00. The minimum atomic E-state index is 0.209. The van der Waals surface area contributed by atoms with Gasteiger partial charge in [-0.1, -0.05) is 0 Å². The van der Waals surface area contributed by atoms with Gasteiger partial charge in [-0.15, -0.1) is 0 Å². The summed E-state index contributed by atoms with van der Waals surface area (Å²) >= 11 is 0. The zero-order valence-electron chi connectivity index (χ0n) is 11.3. The number of rotatable bonds is 3. The van der Waals surface area contributed by atoms with E-state index in [2.05, 4.69) is 16.8 Å². The molecule has 2 atom stereocenters. The molecule has 1 saturated heterocycles. The Hall–Kier alpha value is -0.160. The predicted octanol–water partition coefficient (Wildman–Crippen LogP) is 0.520. The highest BCUT2D eigenvalue weighted by atomic mass is 16.5. The van der Waals surface area contributed by atoms with Crippen molar-refractivity contribution in [2.45, 2.75) is 37.3 Å². The van der Waals surface area contributed by atoms with E-state index in [1.54, 1.807) is 0 Å². The monoisotopic (exact) mass is 241 g/mol. The first-order valence-corrected chi connectivity index (χ1v) is 6.87. The van der Waals surface area contributed by atoms with Crippen molar-refractivity contribution in [3.8, 4) is 0 Å². The summed E-state index contributed by atoms with van der Waals surface area (Å²) in [6, 6.07) is 0. The molecule has 1 heterocycles. The van der Waals surface area contributed by atoms with Crippen molar-refractivity contribution in [1.29, 1.82) is 0 Å². The maximum absolute atomic E-state index is 6.11. The van der Waals surface area contributed by atoms with Crippen LogP contribution >= 0.6 is 0 Å². The first kappa shape index (κ1) is 13.3. The number of methoxy groups -OCH3 is 1. The van der Waals surface area contributed by atoms with Crippen molar-refractivity contribution < 1.29 is 4.74 Å². The number of nitrogens with two attached hydrogens (primary N) is 1. The normalized spacial score (nSPS) is 37.2. The topological polar surface area (TPSA) is 41.7 Å². The summed E-state index contributed by atoms with van der Waals surface area (Å²) in [5.74, 6) is 0. The maximum Gasteiger partial charge on any atom is 0.0589 e. The van der Waals surface area contributed by atoms with Gasteiger partial charge in [-0.05, 0) is 32.7 Å². The second-order valence-corrected chi connectivity index (χ2v) is 5.67. The third-order valence-corrected chi connectivity index (χ3v) is 4.66. The molecule has 0 aromatic rings. The zero-order valence-corrected chi connectivity index (χ0v) is 11.3. The lowest BCUT2D eigenvalue weighted by molar-refractivity contribution is -0.0369. The molecule has 1 saturated carbocycles. The van der Waals surface area contributed by atoms with Crippen LogP contribution < -0.4 is 5.73 Å². The van der Waals surface area contributed by atoms with Gasteiger partial charge in [0, 0.05) is 45.4 Å². The highest BCUT2D eigenvalue weighted by molar-refractivity contribution is 4.98. The highest BCUT2D eigenvalue weighted by Crippen LogP contribution is 2.34. The second-order valence-electron chi connectivity index (χ2n) is 5.67. The molecule has 2 unspecified atom stereocenters. The van der Waals surface area contributed by atoms with Crippen molar-refractivity contribution in [3.05, 3.63) is 0 Å². The Morgan fingerprint density at radius 3 is 2.59 bits per heavy atom. The molecule has 0 bridgehead atoms. The van der Waals surface area contributed by atoms with Crippen LogP contribution in [0.5, 0.6) is 0 Å². The van der Waals surface area contributed by atoms with Gasteiger partial charge in [0.05, 0.1) is 6.10 Å². The van der Waals surface area contributed by atoms with Gasteiger partial charge in [0.2, 0.25) is 0 Å². The molecule has 2 aliphatic rings. The Morgan fingerprint density at radius 1 is 1.29 bits per heavy atom. The number of nitrogens with zero attached hydrogens (tertiary/aromatic N) is 2. The van der Waals surface area contributed by atoms with Gasteiger partial charge in [-0.3, -0.25) is 4.90 Å². The zero-order chi connectivity index (χ0) is 12.3. The SMILES string of the molecule is COC1CCCC(CN)(N2CCN(C)CC2)C1. The third kappa shape index (κ3) is 2.81. The van der Waals surface area contributed by atoms with E-state index in [9.17, 15) is 0 Å². The van der Waals surface area contributed by atoms with Crippen LogP contribution in [0.1, 0.15) is 25.7 Å². The smallest absolute Gasteiger partial charge is 0.0589 e. The fourth-order valence-electron chi connectivity index (χ4n) is 3.37. The minimum absolute atomic E-state index is 0.209. The molecular formula is C13H27N3O. The van der Waals surface area contributed by atoms with E-state index in [0.29, 0.717) is 6.10 Å². The summed E-state index contributed by atoms with van der Waals surface area (Å²) in [7, 11) is 4.03. The van der Waals surface area contributed by atoms with Crippen LogP contribution in [-0.4, -0.2) is 68.3 Å². The molecule has 2 rings (SSSR count). The van der Waals surface area contributed by atoms with Crippen LogP contribution in [-0.2, 0) is 4.74 Å². The van der Waals surface area contributed by atoms with Gasteiger partial charge >= 0.3 is 0 Å². The van der Waals surface area contributed by atoms with Crippen molar-refractivity contribution in [2.24, 2.45) is 5.73 Å². The maximum atomic E-state index is 6.11. The number of hydrogen-bond acceptors (Lipinski definition) is 4. The fourth-order valence-corrected chi connectivity index (χ4v) is 3.37. The predicted molar refractivity (Wildman–Crippen MR) is 70.1 cm³/mol. The molecule has 4 nitrogen and oxygen atoms in total. The molecule has 0 spiro atoms. The van der Waals surface area contributed by atoms with Crippen LogP contribution in [0, 0.1) is 0 Å². The summed E-state index contributed by atoms with van der Waals surface area (Å²) in [5, 5.41) is 0. The van der Waals surface area contributed by atoms with E-state index in [-0.39, 0.29) is 5.54 Å². The summed E-state index contributed by atoms with van der Waals surface area (Å²) < 4.78 is 5.57. The Bertz CT molecular complexity index is 241. The molecule has 100 valence electrons. The highest BCUT2D eigenvalue weighted by Gasteiger charge is 2.41. The molecule has 1 aliphatic carbocycles. The van der Waals surface area contributed by atoms with E-state index < -0.39 is 0 Å². The molecule has 1 aliphatic heterocycles. The van der Waals surface area contributed by atoms with E-state index in [0.717, 1.165) is 26.1 Å². The number of ether oxygens (including phenoxy) is 1. The van der Waals surface area contributed by atoms with E-state index in [1.165, 1.54) is 32.4 Å². The van der Waals surface area contributed by atoms with E-state index in [1.807, 2.05) is 7.11 Å². The number of likely N-dealkylation sites (N-methyl/N-ethyl adjacent to an activating group) is 1. The number of piperazine rings is 1. The summed E-state index contributed by atoms with van der Waals surface area (Å²) in [6.45, 7) is 5.42. The van der Waals surface area contributed by atoms with Gasteiger partial charge in [0.1, 0.15) is 0 Å². The lowest BCUT2D eigenvalue weighted by Gasteiger charge is -2.50. The summed E-state index contributed by atoms with van der Waals surface area (Å²) in [6.07, 6.45) is 5.22. The second kappa shape index (κ2) is 5.65. The molecule has 0 aromatic heterocycles. The molecule has 0 aromatic carbocycles. The van der Waals surface area contributed by atoms with Crippen molar-refractivity contribution in [2.75, 3.05) is 46.9 Å². The average Bonchev–Trinajstić information content (AvgIpc) is 2.39. The standard InChI is InChI=1S/C13H27N3O/c1-15-6-8-16(9-7-15)13(11-14)5-3-4-12(10-13)17-2/h12H,3-11,14H2,1-2H3. The first-order valence-electron chi connectivity index (χ1n) is 6.87. The molecule has 0 radical (unpaired) electrons. The van der Waals surface area contributed by atoms with Gasteiger partial charge in [0.15, 0.2) is 0 Å². The largest absolute Gasteiger partial charge is 0.381 e. The molecular weight excluding hydrogens is 214 g/mol. The van der Waals surface area contributed by atoms with Crippen LogP contribution in [0.25, 0.3) is 0 Å². The van der Waals surface area contributed by atoms with Crippen molar-refractivity contribution in [3.63, 3.8) is 0 Å². The van der Waals surface area contributed by atoms with Gasteiger partial charge < -0.3 is 15.4 Å². The lowest BCUT2D eigenvalue weighted by atomic mass is 9.78. The first-order chi connectivity index (χ1) is 8.20. The van der Waals surface area contributed by atoms with E-state index in [4.69, 9.17) is 10.5 Å². The quantitative estimate of drug-likeness (QED) is 0.782. The Labute approximate surface area is 105 Å². The van der Waals surface area contributed by atoms with Crippen molar-refractivity contribution in [1.82, 2.24) is 9.80 Å². The van der Waals surface area contributed by atoms with Gasteiger partial charge in [-0.2, -0.15) is 0 Å². The molecule has 2 fully saturated rings. The van der Waals surface area contributed by atoms with Crippen LogP contribution in [0.2, 0.25) is 0 Å². The Morgan fingerprint density at radius 2 is 2.00 bits per heavy atom. The molecule has 2 N–H and O–H groups in total. The van der Waals surface area contributed by atoms with Crippen molar-refractivity contribution >= 4 is 0 Å².